The van der Waals surface area contributed by atoms with Gasteiger partial charge in [-0.25, -0.2) is 4.79 Å². The van der Waals surface area contributed by atoms with E-state index in [9.17, 15) is 39.0 Å². The number of carbonyl (C=O) groups is 6. The highest BCUT2D eigenvalue weighted by molar-refractivity contribution is 5.96. The van der Waals surface area contributed by atoms with Gasteiger partial charge in [0, 0.05) is 0 Å². The van der Waals surface area contributed by atoms with E-state index in [1.807, 2.05) is 0 Å². The average Bonchev–Trinajstić information content (AvgIpc) is 2.85. The summed E-state index contributed by atoms with van der Waals surface area (Å²) in [5.41, 5.74) is 11.0. The molecule has 6 atom stereocenters. The van der Waals surface area contributed by atoms with Crippen molar-refractivity contribution in [3.63, 3.8) is 0 Å². The second-order valence-corrected chi connectivity index (χ2v) is 9.87. The van der Waals surface area contributed by atoms with Crippen LogP contribution in [0.3, 0.4) is 0 Å². The number of amides is 5. The summed E-state index contributed by atoms with van der Waals surface area (Å²) in [6, 6.07) is -6.75. The van der Waals surface area contributed by atoms with Crippen molar-refractivity contribution in [2.75, 3.05) is 13.2 Å². The standard InChI is InChI=1S/C24H45N7O8/c1-12(2)10-17(24(38)39)30-22(36)16(8-6-7-9-25)29-23(37)18(11-32)31-21(35)15(5)28-20(34)14(4)27-19(33)13(3)26/h12-18,32H,6-11,25-26H2,1-5H3,(H,27,33)(H,28,34)(H,29,37)(H,30,36)(H,31,35)(H,38,39)/t13-,14-,15-,16-,17-,18-/m0/s1. The van der Waals surface area contributed by atoms with Crippen molar-refractivity contribution in [2.45, 2.75) is 96.6 Å². The molecule has 0 aromatic carbocycles. The summed E-state index contributed by atoms with van der Waals surface area (Å²) in [6.45, 7) is 7.31. The second-order valence-electron chi connectivity index (χ2n) is 9.87. The summed E-state index contributed by atoms with van der Waals surface area (Å²) in [6.07, 6.45) is 1.32. The molecule has 0 spiro atoms. The molecule has 0 aliphatic carbocycles. The van der Waals surface area contributed by atoms with Gasteiger partial charge < -0.3 is 48.3 Å². The third-order valence-corrected chi connectivity index (χ3v) is 5.63. The Labute approximate surface area is 228 Å². The van der Waals surface area contributed by atoms with Gasteiger partial charge in [0.15, 0.2) is 0 Å². The minimum atomic E-state index is -1.47. The number of aliphatic hydroxyl groups excluding tert-OH is 1. The normalized spacial score (nSPS) is 15.6. The maximum absolute atomic E-state index is 12.9. The lowest BCUT2D eigenvalue weighted by Crippen LogP contribution is -2.59. The summed E-state index contributed by atoms with van der Waals surface area (Å²) in [4.78, 5) is 73.8. The molecule has 0 heterocycles. The zero-order chi connectivity index (χ0) is 30.3. The molecule has 39 heavy (non-hydrogen) atoms. The minimum absolute atomic E-state index is 0.0170. The summed E-state index contributed by atoms with van der Waals surface area (Å²) in [5, 5.41) is 31.1. The van der Waals surface area contributed by atoms with Crippen LogP contribution in [-0.4, -0.2) is 95.1 Å². The van der Waals surface area contributed by atoms with Gasteiger partial charge in [0.05, 0.1) is 12.6 Å². The van der Waals surface area contributed by atoms with Gasteiger partial charge in [-0.1, -0.05) is 13.8 Å². The molecule has 0 bridgehead atoms. The van der Waals surface area contributed by atoms with Gasteiger partial charge in [-0.15, -0.1) is 0 Å². The molecule has 5 amide bonds. The number of carboxylic acid groups (broad SMARTS) is 1. The smallest absolute Gasteiger partial charge is 0.326 e. The van der Waals surface area contributed by atoms with Gasteiger partial charge in [-0.3, -0.25) is 24.0 Å². The Bertz CT molecular complexity index is 852. The van der Waals surface area contributed by atoms with Gasteiger partial charge in [0.1, 0.15) is 30.2 Å². The van der Waals surface area contributed by atoms with Gasteiger partial charge in [-0.05, 0) is 58.9 Å². The molecule has 11 N–H and O–H groups in total. The van der Waals surface area contributed by atoms with Crippen molar-refractivity contribution in [2.24, 2.45) is 17.4 Å². The maximum Gasteiger partial charge on any atom is 0.326 e. The molecule has 224 valence electrons. The first-order chi connectivity index (χ1) is 18.1. The number of nitrogens with two attached hydrogens (primary N) is 2. The van der Waals surface area contributed by atoms with Crippen LogP contribution >= 0.6 is 0 Å². The molecule has 0 aromatic rings. The van der Waals surface area contributed by atoms with Crippen LogP contribution in [0.4, 0.5) is 0 Å². The van der Waals surface area contributed by atoms with E-state index in [1.54, 1.807) is 13.8 Å². The fraction of sp³-hybridized carbons (Fsp3) is 0.750. The average molecular weight is 560 g/mol. The topological polar surface area (TPSA) is 255 Å². The quantitative estimate of drug-likeness (QED) is 0.0771. The second kappa shape index (κ2) is 18.1. The Balaban J connectivity index is 5.31. The fourth-order valence-electron chi connectivity index (χ4n) is 3.30. The van der Waals surface area contributed by atoms with Crippen LogP contribution in [0.5, 0.6) is 0 Å². The van der Waals surface area contributed by atoms with Crippen LogP contribution in [0.25, 0.3) is 0 Å². The Hall–Kier alpha value is -3.30. The van der Waals surface area contributed by atoms with Crippen molar-refractivity contribution >= 4 is 35.5 Å². The largest absolute Gasteiger partial charge is 0.480 e. The van der Waals surface area contributed by atoms with Crippen molar-refractivity contribution in [1.29, 1.82) is 0 Å². The van der Waals surface area contributed by atoms with E-state index in [-0.39, 0.29) is 18.8 Å². The van der Waals surface area contributed by atoms with E-state index in [1.165, 1.54) is 20.8 Å². The Morgan fingerprint density at radius 1 is 0.667 bits per heavy atom. The lowest BCUT2D eigenvalue weighted by molar-refractivity contribution is -0.143. The van der Waals surface area contributed by atoms with E-state index >= 15 is 0 Å². The number of aliphatic carboxylic acids is 1. The van der Waals surface area contributed by atoms with E-state index in [0.29, 0.717) is 19.4 Å². The highest BCUT2D eigenvalue weighted by atomic mass is 16.4. The molecule has 0 saturated heterocycles. The first-order valence-corrected chi connectivity index (χ1v) is 13.0. The molecule has 0 unspecified atom stereocenters. The number of rotatable bonds is 18. The summed E-state index contributed by atoms with van der Waals surface area (Å²) in [5.74, 6) is -4.89. The fourth-order valence-corrected chi connectivity index (χ4v) is 3.30. The molecule has 0 radical (unpaired) electrons. The van der Waals surface area contributed by atoms with Crippen molar-refractivity contribution in [3.05, 3.63) is 0 Å². The summed E-state index contributed by atoms with van der Waals surface area (Å²) < 4.78 is 0. The molecule has 0 aromatic heterocycles. The molecule has 0 aliphatic rings. The summed E-state index contributed by atoms with van der Waals surface area (Å²) in [7, 11) is 0. The maximum atomic E-state index is 12.9. The van der Waals surface area contributed by atoms with Gasteiger partial charge in [0.2, 0.25) is 29.5 Å². The molecule has 15 heteroatoms. The van der Waals surface area contributed by atoms with Crippen LogP contribution < -0.4 is 38.1 Å². The first kappa shape index (κ1) is 35.7. The lowest BCUT2D eigenvalue weighted by Gasteiger charge is -2.25. The van der Waals surface area contributed by atoms with Gasteiger partial charge in [0.25, 0.3) is 0 Å². The van der Waals surface area contributed by atoms with E-state index < -0.39 is 78.4 Å². The predicted octanol–water partition coefficient (Wildman–Crippen LogP) is -2.95. The highest BCUT2D eigenvalue weighted by Gasteiger charge is 2.30. The van der Waals surface area contributed by atoms with E-state index in [4.69, 9.17) is 11.5 Å². The first-order valence-electron chi connectivity index (χ1n) is 13.0. The van der Waals surface area contributed by atoms with Crippen LogP contribution in [0, 0.1) is 5.92 Å². The minimum Gasteiger partial charge on any atom is -0.480 e. The third kappa shape index (κ3) is 13.9. The van der Waals surface area contributed by atoms with Gasteiger partial charge >= 0.3 is 5.97 Å². The molecule has 15 nitrogen and oxygen atoms in total. The van der Waals surface area contributed by atoms with E-state index in [2.05, 4.69) is 26.6 Å². The Kier molecular flexibility index (Phi) is 16.5. The number of hydrogen-bond donors (Lipinski definition) is 9. The SMILES string of the molecule is CC(C)C[C@H](NC(=O)[C@H](CCCCN)NC(=O)[C@H](CO)NC(=O)[C@H](C)NC(=O)[C@H](C)NC(=O)[C@H](C)N)C(=O)O. The zero-order valence-corrected chi connectivity index (χ0v) is 23.3. The molecule has 0 saturated carbocycles. The van der Waals surface area contributed by atoms with Crippen molar-refractivity contribution < 1.29 is 39.0 Å². The predicted molar refractivity (Wildman–Crippen MR) is 142 cm³/mol. The highest BCUT2D eigenvalue weighted by Crippen LogP contribution is 2.08. The number of hydrogen-bond acceptors (Lipinski definition) is 9. The Morgan fingerprint density at radius 3 is 1.59 bits per heavy atom. The molecular weight excluding hydrogens is 514 g/mol. The lowest BCUT2D eigenvalue weighted by atomic mass is 10.0. The van der Waals surface area contributed by atoms with Crippen LogP contribution in [-0.2, 0) is 28.8 Å². The monoisotopic (exact) mass is 559 g/mol. The van der Waals surface area contributed by atoms with E-state index in [0.717, 1.165) is 0 Å². The number of nitrogens with one attached hydrogen (secondary N) is 5. The Morgan fingerprint density at radius 2 is 1.13 bits per heavy atom. The van der Waals surface area contributed by atoms with Crippen molar-refractivity contribution in [3.8, 4) is 0 Å². The molecule has 0 fully saturated rings. The van der Waals surface area contributed by atoms with Crippen LogP contribution in [0.2, 0.25) is 0 Å². The zero-order valence-electron chi connectivity index (χ0n) is 23.3. The number of aliphatic hydroxyl groups is 1. The number of carbonyl (C=O) groups excluding carboxylic acids is 5. The summed E-state index contributed by atoms with van der Waals surface area (Å²) >= 11 is 0. The van der Waals surface area contributed by atoms with Gasteiger partial charge in [-0.2, -0.15) is 0 Å². The van der Waals surface area contributed by atoms with Crippen LogP contribution in [0.1, 0.15) is 60.3 Å². The van der Waals surface area contributed by atoms with Crippen molar-refractivity contribution in [1.82, 2.24) is 26.6 Å². The molecule has 0 aliphatic heterocycles. The molecular formula is C24H45N7O8. The number of carboxylic acids is 1. The number of unbranched alkanes of at least 4 members (excludes halogenated alkanes) is 1. The van der Waals surface area contributed by atoms with Crippen LogP contribution in [0.15, 0.2) is 0 Å². The third-order valence-electron chi connectivity index (χ3n) is 5.63. The molecule has 0 rings (SSSR count).